The van der Waals surface area contributed by atoms with Crippen molar-refractivity contribution < 1.29 is 27.8 Å². The minimum absolute atomic E-state index is 0.0156. The van der Waals surface area contributed by atoms with Crippen LogP contribution < -0.4 is 20.7 Å². The zero-order valence-corrected chi connectivity index (χ0v) is 15.9. The third-order valence-electron chi connectivity index (χ3n) is 4.28. The van der Waals surface area contributed by atoms with Crippen molar-refractivity contribution >= 4 is 17.3 Å². The van der Waals surface area contributed by atoms with Gasteiger partial charge in [0.1, 0.15) is 11.5 Å². The summed E-state index contributed by atoms with van der Waals surface area (Å²) in [5.41, 5.74) is -1.06. The van der Waals surface area contributed by atoms with Crippen LogP contribution in [-0.2, 0) is 13.1 Å². The molecule has 160 valence electrons. The number of halogens is 3. The van der Waals surface area contributed by atoms with Crippen LogP contribution in [0.2, 0.25) is 0 Å². The van der Waals surface area contributed by atoms with Crippen LogP contribution in [0.4, 0.5) is 19.0 Å². The van der Waals surface area contributed by atoms with Gasteiger partial charge in [-0.05, 0) is 25.5 Å². The van der Waals surface area contributed by atoms with Crippen molar-refractivity contribution in [3.63, 3.8) is 0 Å². The molecular formula is C19H18F3N3O5. The monoisotopic (exact) mass is 425 g/mol. The molecule has 0 aliphatic carbocycles. The van der Waals surface area contributed by atoms with Gasteiger partial charge in [-0.15, -0.1) is 13.2 Å². The fraction of sp³-hybridized carbons (Fsp3) is 0.316. The largest absolute Gasteiger partial charge is 0.573 e. The molecule has 1 aliphatic heterocycles. The van der Waals surface area contributed by atoms with Crippen LogP contribution in [0.5, 0.6) is 11.5 Å². The summed E-state index contributed by atoms with van der Waals surface area (Å²) in [6.07, 6.45) is -4.65. The van der Waals surface area contributed by atoms with Crippen molar-refractivity contribution in [1.82, 2.24) is 9.13 Å². The van der Waals surface area contributed by atoms with Gasteiger partial charge in [0.2, 0.25) is 5.90 Å². The summed E-state index contributed by atoms with van der Waals surface area (Å²) in [6.45, 7) is 5.52. The molecule has 0 atom stereocenters. The summed E-state index contributed by atoms with van der Waals surface area (Å²) in [4.78, 5) is 29.6. The van der Waals surface area contributed by atoms with Crippen molar-refractivity contribution in [2.24, 2.45) is 4.99 Å². The van der Waals surface area contributed by atoms with E-state index in [1.807, 2.05) is 0 Å². The minimum atomic E-state index is -4.86. The summed E-state index contributed by atoms with van der Waals surface area (Å²) in [5, 5.41) is 9.02. The molecule has 0 radical (unpaired) electrons. The standard InChI is InChI=1S/C19H18F3N3O5/c1-3-24-15-14(17(27)25(18(24)28)8-5-9-26)11(2)16(23-15)29-12-6-4-7-13(10-12)30-19(20,21)22/h4,6-7,10,26H,2-3,5,8-9H2,1H3. The molecule has 30 heavy (non-hydrogen) atoms. The Morgan fingerprint density at radius 1 is 1.20 bits per heavy atom. The summed E-state index contributed by atoms with van der Waals surface area (Å²) in [5.74, 6) is -0.558. The molecule has 1 aliphatic rings. The maximum absolute atomic E-state index is 12.8. The molecule has 3 rings (SSSR count). The number of aliphatic imine (C=N–C) groups is 1. The van der Waals surface area contributed by atoms with E-state index in [1.165, 1.54) is 16.7 Å². The van der Waals surface area contributed by atoms with E-state index in [1.54, 1.807) is 6.92 Å². The predicted molar refractivity (Wildman–Crippen MR) is 102 cm³/mol. The zero-order chi connectivity index (χ0) is 22.1. The highest BCUT2D eigenvalue weighted by Crippen LogP contribution is 2.32. The number of ether oxygens (including phenoxy) is 2. The van der Waals surface area contributed by atoms with Gasteiger partial charge in [0, 0.05) is 31.3 Å². The Kier molecular flexibility index (Phi) is 5.83. The van der Waals surface area contributed by atoms with Gasteiger partial charge in [-0.2, -0.15) is 4.99 Å². The first kappa shape index (κ1) is 21.4. The molecule has 11 heteroatoms. The second-order valence-electron chi connectivity index (χ2n) is 6.28. The molecule has 2 aromatic rings. The molecule has 0 saturated carbocycles. The molecule has 0 fully saturated rings. The molecule has 1 N–H and O–H groups in total. The maximum atomic E-state index is 12.8. The van der Waals surface area contributed by atoms with Gasteiger partial charge in [-0.1, -0.05) is 12.6 Å². The number of alkyl halides is 3. The fourth-order valence-electron chi connectivity index (χ4n) is 2.98. The molecular weight excluding hydrogens is 407 g/mol. The smallest absolute Gasteiger partial charge is 0.438 e. The second-order valence-corrected chi connectivity index (χ2v) is 6.28. The van der Waals surface area contributed by atoms with E-state index < -0.39 is 23.4 Å². The van der Waals surface area contributed by atoms with Crippen molar-refractivity contribution in [2.45, 2.75) is 32.8 Å². The fourth-order valence-corrected chi connectivity index (χ4v) is 2.98. The number of hydrogen-bond donors (Lipinski definition) is 1. The Labute approximate surface area is 168 Å². The molecule has 1 aromatic heterocycles. The summed E-state index contributed by atoms with van der Waals surface area (Å²) in [7, 11) is 0. The Morgan fingerprint density at radius 3 is 2.53 bits per heavy atom. The lowest BCUT2D eigenvalue weighted by molar-refractivity contribution is -0.274. The highest BCUT2D eigenvalue weighted by atomic mass is 19.4. The minimum Gasteiger partial charge on any atom is -0.438 e. The first-order valence-corrected chi connectivity index (χ1v) is 8.96. The highest BCUT2D eigenvalue weighted by Gasteiger charge is 2.32. The van der Waals surface area contributed by atoms with Crippen LogP contribution in [0.1, 0.15) is 18.9 Å². The number of hydrogen-bond acceptors (Lipinski definition) is 6. The first-order chi connectivity index (χ1) is 14.2. The molecule has 0 amide bonds. The van der Waals surface area contributed by atoms with E-state index in [9.17, 15) is 22.8 Å². The van der Waals surface area contributed by atoms with E-state index in [4.69, 9.17) is 9.84 Å². The average Bonchev–Trinajstić information content (AvgIpc) is 2.97. The lowest BCUT2D eigenvalue weighted by Crippen LogP contribution is -2.41. The third-order valence-corrected chi connectivity index (χ3v) is 4.28. The zero-order valence-electron chi connectivity index (χ0n) is 15.9. The summed E-state index contributed by atoms with van der Waals surface area (Å²) < 4.78 is 48.9. The lowest BCUT2D eigenvalue weighted by Gasteiger charge is -2.12. The van der Waals surface area contributed by atoms with Crippen LogP contribution in [-0.4, -0.2) is 33.1 Å². The predicted octanol–water partition coefficient (Wildman–Crippen LogP) is 2.45. The first-order valence-electron chi connectivity index (χ1n) is 8.96. The Balaban J connectivity index is 1.98. The number of rotatable bonds is 6. The number of fused-ring (bicyclic) bond motifs is 1. The molecule has 8 nitrogen and oxygen atoms in total. The molecule has 0 saturated heterocycles. The van der Waals surface area contributed by atoms with Gasteiger partial charge in [0.05, 0.1) is 5.56 Å². The summed E-state index contributed by atoms with van der Waals surface area (Å²) >= 11 is 0. The average molecular weight is 425 g/mol. The molecule has 1 aromatic carbocycles. The number of nitrogens with zero attached hydrogens (tertiary/aromatic N) is 3. The van der Waals surface area contributed by atoms with E-state index in [0.717, 1.165) is 16.7 Å². The second kappa shape index (κ2) is 8.19. The molecule has 2 heterocycles. The van der Waals surface area contributed by atoms with E-state index >= 15 is 0 Å². The lowest BCUT2D eigenvalue weighted by atomic mass is 10.1. The Hall–Kier alpha value is -3.34. The Morgan fingerprint density at radius 2 is 1.90 bits per heavy atom. The van der Waals surface area contributed by atoms with Crippen LogP contribution in [0.25, 0.3) is 5.57 Å². The van der Waals surface area contributed by atoms with Gasteiger partial charge in [0.25, 0.3) is 5.56 Å². The molecule has 0 spiro atoms. The van der Waals surface area contributed by atoms with Crippen LogP contribution >= 0.6 is 0 Å². The van der Waals surface area contributed by atoms with E-state index in [2.05, 4.69) is 16.3 Å². The number of benzene rings is 1. The van der Waals surface area contributed by atoms with Crippen molar-refractivity contribution in [3.8, 4) is 11.5 Å². The number of aliphatic hydroxyl groups excluding tert-OH is 1. The van der Waals surface area contributed by atoms with Gasteiger partial charge in [-0.3, -0.25) is 13.9 Å². The van der Waals surface area contributed by atoms with Crippen molar-refractivity contribution in [3.05, 3.63) is 57.2 Å². The number of aromatic nitrogens is 2. The quantitative estimate of drug-likeness (QED) is 0.767. The maximum Gasteiger partial charge on any atom is 0.573 e. The van der Waals surface area contributed by atoms with Crippen LogP contribution in [0, 0.1) is 0 Å². The third kappa shape index (κ3) is 4.15. The highest BCUT2D eigenvalue weighted by molar-refractivity contribution is 6.24. The SMILES string of the molecule is C=C1C(Oc2cccc(OC(F)(F)F)c2)=Nc2c1c(=O)n(CCCO)c(=O)n2CC. The van der Waals surface area contributed by atoms with Crippen LogP contribution in [0.3, 0.4) is 0 Å². The van der Waals surface area contributed by atoms with Gasteiger partial charge < -0.3 is 14.6 Å². The molecule has 0 bridgehead atoms. The summed E-state index contributed by atoms with van der Waals surface area (Å²) in [6, 6.07) is 4.80. The van der Waals surface area contributed by atoms with Gasteiger partial charge in [0.15, 0.2) is 5.82 Å². The topological polar surface area (TPSA) is 95.1 Å². The van der Waals surface area contributed by atoms with E-state index in [-0.39, 0.29) is 54.7 Å². The van der Waals surface area contributed by atoms with Crippen LogP contribution in [0.15, 0.2) is 45.4 Å². The van der Waals surface area contributed by atoms with Gasteiger partial charge >= 0.3 is 12.1 Å². The Bertz CT molecular complexity index is 1130. The van der Waals surface area contributed by atoms with Crippen molar-refractivity contribution in [1.29, 1.82) is 0 Å². The van der Waals surface area contributed by atoms with E-state index in [0.29, 0.717) is 0 Å². The number of aliphatic hydroxyl groups is 1. The molecule has 0 unspecified atom stereocenters. The van der Waals surface area contributed by atoms with Gasteiger partial charge in [-0.25, -0.2) is 4.79 Å². The normalized spacial score (nSPS) is 13.2. The van der Waals surface area contributed by atoms with Crippen molar-refractivity contribution in [2.75, 3.05) is 6.61 Å².